The van der Waals surface area contributed by atoms with Gasteiger partial charge in [-0.05, 0) is 42.4 Å². The maximum absolute atomic E-state index is 11.6. The van der Waals surface area contributed by atoms with Gasteiger partial charge in [0.1, 0.15) is 4.91 Å². The van der Waals surface area contributed by atoms with E-state index in [1.165, 1.54) is 5.56 Å². The van der Waals surface area contributed by atoms with Gasteiger partial charge in [0.15, 0.2) is 0 Å². The zero-order chi connectivity index (χ0) is 18.8. The van der Waals surface area contributed by atoms with Gasteiger partial charge in [-0.15, -0.1) is 0 Å². The Morgan fingerprint density at radius 2 is 1.35 bits per heavy atom. The molecule has 1 saturated carbocycles. The van der Waals surface area contributed by atoms with Crippen LogP contribution in [0.15, 0.2) is 72.8 Å². The van der Waals surface area contributed by atoms with Gasteiger partial charge in [0.05, 0.1) is 0 Å². The molecule has 0 saturated heterocycles. The van der Waals surface area contributed by atoms with E-state index < -0.39 is 10.1 Å². The minimum atomic E-state index is -4.15. The van der Waals surface area contributed by atoms with Crippen molar-refractivity contribution in [3.8, 4) is 0 Å². The summed E-state index contributed by atoms with van der Waals surface area (Å²) in [4.78, 5) is 0.130. The molecule has 138 valence electrons. The summed E-state index contributed by atoms with van der Waals surface area (Å²) in [5.74, 6) is 0. The standard InChI is InChI=1S/C14H18O3S.C8H8/c15-18(16,17)14(13-10-6-3-7-11-13)12-8-4-1-2-5-9-12;1-2-8-6-4-3-5-7-8/h3,6-7,10-11H,1-2,4-5,8-9H2,(H,15,16,17);2-7H,1H2. The number of allylic oxidation sites excluding steroid dienone is 1. The molecule has 1 N–H and O–H groups in total. The lowest BCUT2D eigenvalue weighted by atomic mass is 10.0. The topological polar surface area (TPSA) is 54.4 Å². The van der Waals surface area contributed by atoms with Gasteiger partial charge in [-0.3, -0.25) is 4.55 Å². The van der Waals surface area contributed by atoms with E-state index in [0.29, 0.717) is 5.56 Å². The molecule has 0 amide bonds. The van der Waals surface area contributed by atoms with Crippen LogP contribution in [0.4, 0.5) is 0 Å². The predicted molar refractivity (Wildman–Crippen MR) is 109 cm³/mol. The molecule has 3 rings (SSSR count). The Balaban J connectivity index is 0.000000254. The van der Waals surface area contributed by atoms with Crippen LogP contribution in [0, 0.1) is 0 Å². The third-order valence-electron chi connectivity index (χ3n) is 4.36. The Kier molecular flexibility index (Phi) is 7.82. The van der Waals surface area contributed by atoms with Gasteiger partial charge < -0.3 is 0 Å². The lowest BCUT2D eigenvalue weighted by Gasteiger charge is -2.11. The maximum Gasteiger partial charge on any atom is 0.295 e. The number of hydrogen-bond acceptors (Lipinski definition) is 2. The van der Waals surface area contributed by atoms with Crippen molar-refractivity contribution in [2.45, 2.75) is 38.5 Å². The highest BCUT2D eigenvalue weighted by molar-refractivity contribution is 7.95. The molecule has 26 heavy (non-hydrogen) atoms. The molecule has 1 aliphatic carbocycles. The van der Waals surface area contributed by atoms with Gasteiger partial charge in [0, 0.05) is 0 Å². The number of rotatable bonds is 3. The molecule has 2 aromatic carbocycles. The van der Waals surface area contributed by atoms with Gasteiger partial charge >= 0.3 is 0 Å². The summed E-state index contributed by atoms with van der Waals surface area (Å²) in [6.07, 6.45) is 7.64. The average molecular weight is 371 g/mol. The first-order valence-corrected chi connectivity index (χ1v) is 10.4. The van der Waals surface area contributed by atoms with E-state index in [1.807, 2.05) is 42.5 Å². The van der Waals surface area contributed by atoms with Crippen LogP contribution in [0.3, 0.4) is 0 Å². The van der Waals surface area contributed by atoms with E-state index in [-0.39, 0.29) is 4.91 Å². The molecule has 0 heterocycles. The Morgan fingerprint density at radius 3 is 1.77 bits per heavy atom. The van der Waals surface area contributed by atoms with Crippen molar-refractivity contribution in [3.05, 3.63) is 83.9 Å². The maximum atomic E-state index is 11.6. The fourth-order valence-electron chi connectivity index (χ4n) is 3.10. The van der Waals surface area contributed by atoms with Crippen molar-refractivity contribution >= 4 is 21.1 Å². The second-order valence-electron chi connectivity index (χ2n) is 6.30. The van der Waals surface area contributed by atoms with Crippen molar-refractivity contribution in [3.63, 3.8) is 0 Å². The number of benzene rings is 2. The second-order valence-corrected chi connectivity index (χ2v) is 7.66. The van der Waals surface area contributed by atoms with Gasteiger partial charge in [-0.2, -0.15) is 8.42 Å². The van der Waals surface area contributed by atoms with E-state index in [4.69, 9.17) is 0 Å². The molecule has 2 aromatic rings. The largest absolute Gasteiger partial charge is 0.295 e. The highest BCUT2D eigenvalue weighted by atomic mass is 32.2. The van der Waals surface area contributed by atoms with Crippen LogP contribution in [0.1, 0.15) is 49.7 Å². The van der Waals surface area contributed by atoms with E-state index >= 15 is 0 Å². The molecular formula is C22H26O3S. The van der Waals surface area contributed by atoms with Crippen molar-refractivity contribution in [1.82, 2.24) is 0 Å². The summed E-state index contributed by atoms with van der Waals surface area (Å²) < 4.78 is 32.8. The Labute approximate surface area is 156 Å². The molecule has 0 atom stereocenters. The van der Waals surface area contributed by atoms with E-state index in [2.05, 4.69) is 6.58 Å². The molecule has 0 aromatic heterocycles. The van der Waals surface area contributed by atoms with Crippen molar-refractivity contribution < 1.29 is 13.0 Å². The van der Waals surface area contributed by atoms with Crippen molar-refractivity contribution in [2.24, 2.45) is 0 Å². The van der Waals surface area contributed by atoms with Gasteiger partial charge in [0.25, 0.3) is 10.1 Å². The summed E-state index contributed by atoms with van der Waals surface area (Å²) in [7, 11) is -4.15. The first-order chi connectivity index (χ1) is 12.5. The van der Waals surface area contributed by atoms with Gasteiger partial charge in [0.2, 0.25) is 0 Å². The Bertz CT molecular complexity index is 812. The van der Waals surface area contributed by atoms with E-state index in [0.717, 1.165) is 44.1 Å². The minimum absolute atomic E-state index is 0.130. The van der Waals surface area contributed by atoms with E-state index in [9.17, 15) is 13.0 Å². The summed E-state index contributed by atoms with van der Waals surface area (Å²) >= 11 is 0. The van der Waals surface area contributed by atoms with Crippen LogP contribution in [-0.4, -0.2) is 13.0 Å². The van der Waals surface area contributed by atoms with Crippen LogP contribution in [-0.2, 0) is 10.1 Å². The molecule has 0 unspecified atom stereocenters. The fourth-order valence-corrected chi connectivity index (χ4v) is 4.10. The van der Waals surface area contributed by atoms with Crippen LogP contribution in [0.5, 0.6) is 0 Å². The molecule has 4 heteroatoms. The smallest absolute Gasteiger partial charge is 0.282 e. The summed E-state index contributed by atoms with van der Waals surface area (Å²) in [5.41, 5.74) is 2.64. The Morgan fingerprint density at radius 1 is 0.846 bits per heavy atom. The van der Waals surface area contributed by atoms with Crippen LogP contribution in [0.25, 0.3) is 11.0 Å². The lowest BCUT2D eigenvalue weighted by molar-refractivity contribution is 0.495. The fraction of sp³-hybridized carbons (Fsp3) is 0.273. The number of hydrogen-bond donors (Lipinski definition) is 1. The molecule has 1 fully saturated rings. The molecule has 0 spiro atoms. The molecule has 0 bridgehead atoms. The van der Waals surface area contributed by atoms with Crippen LogP contribution < -0.4 is 0 Å². The normalized spacial score (nSPS) is 14.6. The second kappa shape index (κ2) is 10.1. The summed E-state index contributed by atoms with van der Waals surface area (Å²) in [6.45, 7) is 3.63. The molecule has 1 aliphatic rings. The highest BCUT2D eigenvalue weighted by Crippen LogP contribution is 2.32. The minimum Gasteiger partial charge on any atom is -0.282 e. The molecule has 3 nitrogen and oxygen atoms in total. The summed E-state index contributed by atoms with van der Waals surface area (Å²) in [5, 5.41) is 0. The van der Waals surface area contributed by atoms with Crippen LogP contribution in [0.2, 0.25) is 0 Å². The SMILES string of the molecule is C=Cc1ccccc1.O=S(=O)(O)C(=C1CCCCCC1)c1ccccc1. The lowest BCUT2D eigenvalue weighted by Crippen LogP contribution is -2.05. The highest BCUT2D eigenvalue weighted by Gasteiger charge is 2.21. The quantitative estimate of drug-likeness (QED) is 0.535. The Hall–Kier alpha value is -2.17. The van der Waals surface area contributed by atoms with Crippen molar-refractivity contribution in [1.29, 1.82) is 0 Å². The van der Waals surface area contributed by atoms with Crippen LogP contribution >= 0.6 is 0 Å². The third-order valence-corrected chi connectivity index (χ3v) is 5.40. The monoisotopic (exact) mass is 370 g/mol. The first kappa shape index (κ1) is 20.1. The van der Waals surface area contributed by atoms with Gasteiger partial charge in [-0.1, -0.05) is 86.2 Å². The molecule has 0 radical (unpaired) electrons. The average Bonchev–Trinajstić information content (AvgIpc) is 2.92. The summed E-state index contributed by atoms with van der Waals surface area (Å²) in [6, 6.07) is 18.9. The predicted octanol–water partition coefficient (Wildman–Crippen LogP) is 5.97. The zero-order valence-electron chi connectivity index (χ0n) is 15.0. The third kappa shape index (κ3) is 6.28. The van der Waals surface area contributed by atoms with Gasteiger partial charge in [-0.25, -0.2) is 0 Å². The first-order valence-electron chi connectivity index (χ1n) is 8.95. The molecule has 0 aliphatic heterocycles. The molecular weight excluding hydrogens is 344 g/mol. The zero-order valence-corrected chi connectivity index (χ0v) is 15.8. The van der Waals surface area contributed by atoms with E-state index in [1.54, 1.807) is 24.3 Å². The van der Waals surface area contributed by atoms with Crippen molar-refractivity contribution in [2.75, 3.05) is 0 Å².